The van der Waals surface area contributed by atoms with Crippen molar-refractivity contribution < 1.29 is 14.3 Å². The molecule has 1 saturated heterocycles. The highest BCUT2D eigenvalue weighted by atomic mass is 127. The number of carbonyl (C=O) groups is 1. The topological polar surface area (TPSA) is 75.2 Å². The zero-order valence-corrected chi connectivity index (χ0v) is 19.5. The molecular formula is C21H33IN4O3. The molecule has 0 aliphatic carbocycles. The van der Waals surface area contributed by atoms with Crippen molar-refractivity contribution in [2.75, 3.05) is 57.5 Å². The van der Waals surface area contributed by atoms with Crippen molar-refractivity contribution in [2.45, 2.75) is 26.2 Å². The quantitative estimate of drug-likeness (QED) is 0.228. The van der Waals surface area contributed by atoms with E-state index >= 15 is 0 Å². The van der Waals surface area contributed by atoms with E-state index in [1.54, 1.807) is 0 Å². The van der Waals surface area contributed by atoms with Crippen LogP contribution < -0.4 is 15.5 Å². The first-order valence-corrected chi connectivity index (χ1v) is 10.3. The molecule has 0 bridgehead atoms. The summed E-state index contributed by atoms with van der Waals surface area (Å²) in [6.45, 7) is 7.58. The molecule has 162 valence electrons. The maximum Gasteiger partial charge on any atom is 0.248 e. The fourth-order valence-electron chi connectivity index (χ4n) is 3.52. The highest BCUT2D eigenvalue weighted by Crippen LogP contribution is 2.27. The largest absolute Gasteiger partial charge is 0.381 e. The van der Waals surface area contributed by atoms with E-state index in [4.69, 9.17) is 9.47 Å². The molecule has 29 heavy (non-hydrogen) atoms. The van der Waals surface area contributed by atoms with Crippen LogP contribution in [0.4, 0.5) is 5.69 Å². The number of hydrogen-bond acceptors (Lipinski definition) is 4. The number of ether oxygens (including phenoxy) is 2. The summed E-state index contributed by atoms with van der Waals surface area (Å²) in [5, 5.41) is 6.47. The fraction of sp³-hybridized carbons (Fsp3) is 0.619. The van der Waals surface area contributed by atoms with Crippen LogP contribution in [-0.4, -0.2) is 64.5 Å². The van der Waals surface area contributed by atoms with Crippen LogP contribution in [0.5, 0.6) is 0 Å². The summed E-state index contributed by atoms with van der Waals surface area (Å²) in [6.07, 6.45) is 2.91. The predicted octanol–water partition coefficient (Wildman–Crippen LogP) is 2.19. The van der Waals surface area contributed by atoms with Gasteiger partial charge in [-0.15, -0.1) is 24.0 Å². The number of halogens is 1. The predicted molar refractivity (Wildman–Crippen MR) is 126 cm³/mol. The number of carbonyl (C=O) groups excluding carboxylic acids is 1. The number of anilines is 1. The van der Waals surface area contributed by atoms with Crippen LogP contribution in [-0.2, 0) is 20.7 Å². The van der Waals surface area contributed by atoms with Crippen molar-refractivity contribution in [3.63, 3.8) is 0 Å². The van der Waals surface area contributed by atoms with Crippen molar-refractivity contribution in [2.24, 2.45) is 10.9 Å². The number of benzene rings is 1. The molecule has 1 unspecified atom stereocenters. The Bertz CT molecular complexity index is 665. The van der Waals surface area contributed by atoms with Gasteiger partial charge >= 0.3 is 0 Å². The Morgan fingerprint density at radius 1 is 1.34 bits per heavy atom. The molecule has 3 rings (SSSR count). The minimum Gasteiger partial charge on any atom is -0.381 e. The smallest absolute Gasteiger partial charge is 0.248 e. The number of para-hydroxylation sites is 1. The lowest BCUT2D eigenvalue weighted by atomic mass is 10.1. The van der Waals surface area contributed by atoms with E-state index in [0.29, 0.717) is 18.5 Å². The Morgan fingerprint density at radius 2 is 2.21 bits per heavy atom. The molecule has 8 heteroatoms. The maximum atomic E-state index is 12.6. The van der Waals surface area contributed by atoms with E-state index in [9.17, 15) is 4.79 Å². The third-order valence-corrected chi connectivity index (χ3v) is 5.04. The number of nitrogens with zero attached hydrogens (tertiary/aromatic N) is 2. The summed E-state index contributed by atoms with van der Waals surface area (Å²) >= 11 is 0. The van der Waals surface area contributed by atoms with Crippen molar-refractivity contribution in [1.29, 1.82) is 0 Å². The second-order valence-electron chi connectivity index (χ2n) is 7.20. The molecule has 1 fully saturated rings. The summed E-state index contributed by atoms with van der Waals surface area (Å²) in [5.74, 6) is 1.25. The van der Waals surface area contributed by atoms with E-state index in [1.807, 2.05) is 30.0 Å². The molecule has 7 nitrogen and oxygen atoms in total. The number of guanidine groups is 1. The van der Waals surface area contributed by atoms with Gasteiger partial charge in [-0.25, -0.2) is 4.99 Å². The van der Waals surface area contributed by atoms with Crippen molar-refractivity contribution >= 4 is 41.5 Å². The number of amides is 1. The second-order valence-corrected chi connectivity index (χ2v) is 7.20. The van der Waals surface area contributed by atoms with E-state index in [-0.39, 0.29) is 36.4 Å². The van der Waals surface area contributed by atoms with Crippen molar-refractivity contribution in [3.8, 4) is 0 Å². The van der Waals surface area contributed by atoms with Crippen LogP contribution in [0.2, 0.25) is 0 Å². The van der Waals surface area contributed by atoms with E-state index in [1.165, 1.54) is 5.56 Å². The van der Waals surface area contributed by atoms with Crippen molar-refractivity contribution in [3.05, 3.63) is 29.8 Å². The third kappa shape index (κ3) is 7.42. The molecular weight excluding hydrogens is 483 g/mol. The van der Waals surface area contributed by atoms with Gasteiger partial charge in [0.05, 0.1) is 13.2 Å². The zero-order valence-electron chi connectivity index (χ0n) is 17.2. The molecule has 0 aromatic heterocycles. The van der Waals surface area contributed by atoms with Gasteiger partial charge in [-0.1, -0.05) is 18.2 Å². The lowest BCUT2D eigenvalue weighted by Crippen LogP contribution is -2.39. The summed E-state index contributed by atoms with van der Waals surface area (Å²) < 4.78 is 11.1. The normalized spacial score (nSPS) is 18.3. The van der Waals surface area contributed by atoms with Crippen LogP contribution in [0.3, 0.4) is 0 Å². The van der Waals surface area contributed by atoms with Gasteiger partial charge in [0.2, 0.25) is 5.91 Å². The Labute approximate surface area is 190 Å². The third-order valence-electron chi connectivity index (χ3n) is 5.04. The van der Waals surface area contributed by atoms with E-state index in [2.05, 4.69) is 21.7 Å². The number of nitrogens with one attached hydrogen (secondary N) is 2. The summed E-state index contributed by atoms with van der Waals surface area (Å²) in [5.41, 5.74) is 2.25. The standard InChI is InChI=1S/C21H32N4O3.HI/c1-2-22-21(23-10-5-12-27-15-17-9-13-28-16-17)24-14-20(26)25-11-8-18-6-3-4-7-19(18)25;/h3-4,6-7,17H,2,5,8-16H2,1H3,(H2,22,23,24);1H. The molecule has 0 radical (unpaired) electrons. The Kier molecular flexibility index (Phi) is 10.7. The van der Waals surface area contributed by atoms with Gasteiger partial charge in [-0.05, 0) is 37.8 Å². The van der Waals surface area contributed by atoms with E-state index < -0.39 is 0 Å². The molecule has 2 aliphatic rings. The Morgan fingerprint density at radius 3 is 3.00 bits per heavy atom. The SMILES string of the molecule is CCNC(=NCC(=O)N1CCc2ccccc21)NCCCOCC1CCOC1.I. The summed E-state index contributed by atoms with van der Waals surface area (Å²) in [7, 11) is 0. The van der Waals surface area contributed by atoms with Crippen LogP contribution in [0.15, 0.2) is 29.3 Å². The van der Waals surface area contributed by atoms with Crippen LogP contribution in [0.1, 0.15) is 25.3 Å². The number of rotatable bonds is 9. The summed E-state index contributed by atoms with van der Waals surface area (Å²) in [4.78, 5) is 18.9. The molecule has 2 heterocycles. The molecule has 1 amide bonds. The minimum absolute atomic E-state index is 0. The minimum atomic E-state index is 0. The molecule has 1 aromatic carbocycles. The Balaban J connectivity index is 0.00000300. The average Bonchev–Trinajstić information content (AvgIpc) is 3.38. The van der Waals surface area contributed by atoms with Gasteiger partial charge in [-0.3, -0.25) is 4.79 Å². The number of hydrogen-bond donors (Lipinski definition) is 2. The highest BCUT2D eigenvalue weighted by Gasteiger charge is 2.23. The van der Waals surface area contributed by atoms with Crippen LogP contribution in [0, 0.1) is 5.92 Å². The average molecular weight is 516 g/mol. The van der Waals surface area contributed by atoms with Crippen LogP contribution >= 0.6 is 24.0 Å². The highest BCUT2D eigenvalue weighted by molar-refractivity contribution is 14.0. The van der Waals surface area contributed by atoms with Gasteiger partial charge < -0.3 is 25.0 Å². The second kappa shape index (κ2) is 13.0. The van der Waals surface area contributed by atoms with Crippen molar-refractivity contribution in [1.82, 2.24) is 10.6 Å². The monoisotopic (exact) mass is 516 g/mol. The molecule has 2 aliphatic heterocycles. The van der Waals surface area contributed by atoms with Gasteiger partial charge in [0.25, 0.3) is 0 Å². The number of aliphatic imine (C=N–C) groups is 1. The lowest BCUT2D eigenvalue weighted by Gasteiger charge is -2.17. The van der Waals surface area contributed by atoms with E-state index in [0.717, 1.165) is 64.4 Å². The Hall–Kier alpha value is -1.39. The van der Waals surface area contributed by atoms with Gasteiger partial charge in [0.1, 0.15) is 6.54 Å². The maximum absolute atomic E-state index is 12.6. The summed E-state index contributed by atoms with van der Waals surface area (Å²) in [6, 6.07) is 8.08. The fourth-order valence-corrected chi connectivity index (χ4v) is 3.52. The van der Waals surface area contributed by atoms with Gasteiger partial charge in [0, 0.05) is 44.5 Å². The number of fused-ring (bicyclic) bond motifs is 1. The first-order chi connectivity index (χ1) is 13.8. The molecule has 1 atom stereocenters. The first kappa shape index (κ1) is 23.9. The first-order valence-electron chi connectivity index (χ1n) is 10.3. The van der Waals surface area contributed by atoms with Gasteiger partial charge in [-0.2, -0.15) is 0 Å². The molecule has 1 aromatic rings. The molecule has 0 saturated carbocycles. The van der Waals surface area contributed by atoms with Gasteiger partial charge in [0.15, 0.2) is 5.96 Å². The molecule has 0 spiro atoms. The zero-order chi connectivity index (χ0) is 19.6. The molecule has 2 N–H and O–H groups in total. The van der Waals surface area contributed by atoms with Crippen LogP contribution in [0.25, 0.3) is 0 Å². The lowest BCUT2D eigenvalue weighted by molar-refractivity contribution is -0.117.